The van der Waals surface area contributed by atoms with Crippen LogP contribution in [0.25, 0.3) is 0 Å². The van der Waals surface area contributed by atoms with Crippen molar-refractivity contribution < 1.29 is 14.2 Å². The Morgan fingerprint density at radius 3 is 2.44 bits per heavy atom. The maximum absolute atomic E-state index is 5.92. The van der Waals surface area contributed by atoms with Crippen molar-refractivity contribution in [3.05, 3.63) is 41.5 Å². The van der Waals surface area contributed by atoms with Crippen LogP contribution in [0.4, 0.5) is 0 Å². The van der Waals surface area contributed by atoms with Crippen molar-refractivity contribution in [3.8, 4) is 5.75 Å². The number of methoxy groups -OCH3 is 2. The highest BCUT2D eigenvalue weighted by Gasteiger charge is 2.24. The molecule has 0 saturated carbocycles. The van der Waals surface area contributed by atoms with E-state index in [1.165, 1.54) is 5.57 Å². The first-order valence-corrected chi connectivity index (χ1v) is 6.18. The number of benzene rings is 1. The van der Waals surface area contributed by atoms with Crippen LogP contribution in [0.2, 0.25) is 0 Å². The lowest BCUT2D eigenvalue weighted by atomic mass is 10.2. The number of hydrogen-bond acceptors (Lipinski definition) is 3. The average molecular weight is 248 g/mol. The Bertz CT molecular complexity index is 408. The van der Waals surface area contributed by atoms with Crippen molar-refractivity contribution >= 4 is 0 Å². The van der Waals surface area contributed by atoms with Crippen molar-refractivity contribution in [2.45, 2.75) is 32.2 Å². The van der Waals surface area contributed by atoms with E-state index in [2.05, 4.69) is 13.0 Å². The Morgan fingerprint density at radius 2 is 1.89 bits per heavy atom. The summed E-state index contributed by atoms with van der Waals surface area (Å²) in [6, 6.07) is 7.96. The first kappa shape index (κ1) is 13.1. The van der Waals surface area contributed by atoms with Crippen LogP contribution < -0.4 is 4.74 Å². The smallest absolute Gasteiger partial charge is 0.118 e. The Hall–Kier alpha value is -1.32. The maximum atomic E-state index is 5.92. The summed E-state index contributed by atoms with van der Waals surface area (Å²) in [4.78, 5) is 0. The lowest BCUT2D eigenvalue weighted by molar-refractivity contribution is 0.0370. The van der Waals surface area contributed by atoms with Crippen LogP contribution in [-0.2, 0) is 16.1 Å². The molecule has 2 atom stereocenters. The first-order valence-electron chi connectivity index (χ1n) is 6.18. The van der Waals surface area contributed by atoms with Crippen LogP contribution in [0.15, 0.2) is 35.9 Å². The Balaban J connectivity index is 1.86. The minimum absolute atomic E-state index is 0.178. The van der Waals surface area contributed by atoms with Gasteiger partial charge in [0.1, 0.15) is 5.75 Å². The second kappa shape index (κ2) is 6.03. The molecule has 1 aliphatic carbocycles. The van der Waals surface area contributed by atoms with E-state index in [1.54, 1.807) is 14.2 Å². The standard InChI is InChI=1S/C15H20O3/c1-11-8-14(17-3)9-15(11)18-10-12-4-6-13(16-2)7-5-12/h4-8,14-15H,9-10H2,1-3H3/t14-,15+/m1/s1. The summed E-state index contributed by atoms with van der Waals surface area (Å²) >= 11 is 0. The van der Waals surface area contributed by atoms with Crippen LogP contribution in [0.5, 0.6) is 5.75 Å². The normalized spacial score (nSPS) is 22.9. The quantitative estimate of drug-likeness (QED) is 0.750. The van der Waals surface area contributed by atoms with Gasteiger partial charge >= 0.3 is 0 Å². The summed E-state index contributed by atoms with van der Waals surface area (Å²) in [5.74, 6) is 0.870. The fraction of sp³-hybridized carbons (Fsp3) is 0.467. The van der Waals surface area contributed by atoms with E-state index < -0.39 is 0 Å². The molecule has 98 valence electrons. The predicted molar refractivity (Wildman–Crippen MR) is 70.7 cm³/mol. The molecule has 0 radical (unpaired) electrons. The zero-order valence-electron chi connectivity index (χ0n) is 11.2. The fourth-order valence-electron chi connectivity index (χ4n) is 2.15. The summed E-state index contributed by atoms with van der Waals surface area (Å²) < 4.78 is 16.4. The van der Waals surface area contributed by atoms with Gasteiger partial charge in [-0.15, -0.1) is 0 Å². The summed E-state index contributed by atoms with van der Waals surface area (Å²) in [7, 11) is 3.41. The molecule has 1 aromatic rings. The minimum atomic E-state index is 0.178. The third kappa shape index (κ3) is 3.12. The maximum Gasteiger partial charge on any atom is 0.118 e. The van der Waals surface area contributed by atoms with Gasteiger partial charge in [0.2, 0.25) is 0 Å². The highest BCUT2D eigenvalue weighted by molar-refractivity contribution is 5.27. The Kier molecular flexibility index (Phi) is 4.39. The second-order valence-electron chi connectivity index (χ2n) is 4.57. The van der Waals surface area contributed by atoms with Gasteiger partial charge in [-0.1, -0.05) is 18.2 Å². The summed E-state index contributed by atoms with van der Waals surface area (Å²) in [5.41, 5.74) is 2.42. The van der Waals surface area contributed by atoms with Gasteiger partial charge in [-0.3, -0.25) is 0 Å². The fourth-order valence-corrected chi connectivity index (χ4v) is 2.15. The molecule has 18 heavy (non-hydrogen) atoms. The van der Waals surface area contributed by atoms with Crippen molar-refractivity contribution in [1.29, 1.82) is 0 Å². The molecule has 0 aromatic heterocycles. The van der Waals surface area contributed by atoms with E-state index in [0.717, 1.165) is 17.7 Å². The van der Waals surface area contributed by atoms with Gasteiger partial charge in [-0.2, -0.15) is 0 Å². The van der Waals surface area contributed by atoms with E-state index in [4.69, 9.17) is 14.2 Å². The molecule has 0 heterocycles. The monoisotopic (exact) mass is 248 g/mol. The number of ether oxygens (including phenoxy) is 3. The highest BCUT2D eigenvalue weighted by atomic mass is 16.5. The van der Waals surface area contributed by atoms with Crippen molar-refractivity contribution in [1.82, 2.24) is 0 Å². The Morgan fingerprint density at radius 1 is 1.17 bits per heavy atom. The molecule has 0 fully saturated rings. The van der Waals surface area contributed by atoms with Crippen LogP contribution in [0, 0.1) is 0 Å². The van der Waals surface area contributed by atoms with Gasteiger partial charge in [-0.25, -0.2) is 0 Å². The summed E-state index contributed by atoms with van der Waals surface area (Å²) in [6.07, 6.45) is 3.43. The minimum Gasteiger partial charge on any atom is -0.497 e. The number of hydrogen-bond donors (Lipinski definition) is 0. The zero-order chi connectivity index (χ0) is 13.0. The first-order chi connectivity index (χ1) is 8.72. The van der Waals surface area contributed by atoms with Gasteiger partial charge in [-0.05, 0) is 30.2 Å². The SMILES string of the molecule is COc1ccc(CO[C@H]2C[C@H](OC)C=C2C)cc1. The molecule has 0 unspecified atom stereocenters. The van der Waals surface area contributed by atoms with Gasteiger partial charge in [0.15, 0.2) is 0 Å². The number of rotatable bonds is 5. The van der Waals surface area contributed by atoms with E-state index >= 15 is 0 Å². The van der Waals surface area contributed by atoms with Gasteiger partial charge in [0.05, 0.1) is 25.9 Å². The van der Waals surface area contributed by atoms with Crippen LogP contribution in [0.1, 0.15) is 18.9 Å². The lowest BCUT2D eigenvalue weighted by Gasteiger charge is -2.15. The zero-order valence-corrected chi connectivity index (χ0v) is 11.2. The van der Waals surface area contributed by atoms with E-state index in [0.29, 0.717) is 6.61 Å². The topological polar surface area (TPSA) is 27.7 Å². The molecule has 0 saturated heterocycles. The molecule has 0 aliphatic heterocycles. The van der Waals surface area contributed by atoms with Crippen molar-refractivity contribution in [2.75, 3.05) is 14.2 Å². The molecule has 2 rings (SSSR count). The van der Waals surface area contributed by atoms with Crippen LogP contribution >= 0.6 is 0 Å². The third-order valence-electron chi connectivity index (χ3n) is 3.32. The molecular weight excluding hydrogens is 228 g/mol. The van der Waals surface area contributed by atoms with Gasteiger partial charge in [0, 0.05) is 13.5 Å². The molecule has 1 aliphatic rings. The van der Waals surface area contributed by atoms with E-state index in [-0.39, 0.29) is 12.2 Å². The van der Waals surface area contributed by atoms with Crippen LogP contribution in [-0.4, -0.2) is 26.4 Å². The van der Waals surface area contributed by atoms with Gasteiger partial charge < -0.3 is 14.2 Å². The molecule has 0 N–H and O–H groups in total. The highest BCUT2D eigenvalue weighted by Crippen LogP contribution is 2.25. The van der Waals surface area contributed by atoms with Gasteiger partial charge in [0.25, 0.3) is 0 Å². The third-order valence-corrected chi connectivity index (χ3v) is 3.32. The lowest BCUT2D eigenvalue weighted by Crippen LogP contribution is -2.14. The molecule has 0 spiro atoms. The summed E-state index contributed by atoms with van der Waals surface area (Å²) in [6.45, 7) is 2.72. The molecule has 0 bridgehead atoms. The molecule has 0 amide bonds. The molecule has 1 aromatic carbocycles. The molecule has 3 nitrogen and oxygen atoms in total. The van der Waals surface area contributed by atoms with E-state index in [9.17, 15) is 0 Å². The molecular formula is C15H20O3. The Labute approximate surface area is 108 Å². The van der Waals surface area contributed by atoms with E-state index in [1.807, 2.05) is 24.3 Å². The van der Waals surface area contributed by atoms with Crippen LogP contribution in [0.3, 0.4) is 0 Å². The predicted octanol–water partition coefficient (Wildman–Crippen LogP) is 2.95. The van der Waals surface area contributed by atoms with Crippen molar-refractivity contribution in [2.24, 2.45) is 0 Å². The molecule has 3 heteroatoms. The average Bonchev–Trinajstić information content (AvgIpc) is 2.77. The van der Waals surface area contributed by atoms with Crippen molar-refractivity contribution in [3.63, 3.8) is 0 Å². The summed E-state index contributed by atoms with van der Waals surface area (Å²) in [5, 5.41) is 0. The second-order valence-corrected chi connectivity index (χ2v) is 4.57. The largest absolute Gasteiger partial charge is 0.497 e.